The Kier molecular flexibility index (Phi) is 6.34. The van der Waals surface area contributed by atoms with E-state index in [2.05, 4.69) is 35.1 Å². The first-order valence-corrected chi connectivity index (χ1v) is 12.5. The molecule has 2 aromatic rings. The first-order valence-electron chi connectivity index (χ1n) is 10.4. The molecule has 3 N–H and O–H groups in total. The monoisotopic (exact) mass is 444 g/mol. The fourth-order valence-electron chi connectivity index (χ4n) is 3.64. The van der Waals surface area contributed by atoms with E-state index < -0.39 is 0 Å². The highest BCUT2D eigenvalue weighted by Gasteiger charge is 2.30. The van der Waals surface area contributed by atoms with Crippen LogP contribution in [0.3, 0.4) is 0 Å². The summed E-state index contributed by atoms with van der Waals surface area (Å²) < 4.78 is 4.79. The zero-order chi connectivity index (χ0) is 21.3. The van der Waals surface area contributed by atoms with E-state index >= 15 is 0 Å². The molecule has 0 amide bonds. The Balaban J connectivity index is 1.72. The SMILES string of the molecule is CSNc1ccc2c(c1)SC=C(c1c(O)c(C3CCC3)nn(CCC(C)C)c1=O)N2. The molecule has 160 valence electrons. The van der Waals surface area contributed by atoms with E-state index in [1.54, 1.807) is 28.4 Å². The molecule has 1 aromatic heterocycles. The van der Waals surface area contributed by atoms with E-state index in [1.165, 1.54) is 0 Å². The average Bonchev–Trinajstić information content (AvgIpc) is 2.68. The summed E-state index contributed by atoms with van der Waals surface area (Å²) in [6, 6.07) is 6.07. The van der Waals surface area contributed by atoms with Crippen LogP contribution in [0, 0.1) is 5.92 Å². The fraction of sp³-hybridized carbons (Fsp3) is 0.455. The summed E-state index contributed by atoms with van der Waals surface area (Å²) in [5.74, 6) is 0.745. The molecule has 0 atom stereocenters. The van der Waals surface area contributed by atoms with E-state index in [1.807, 2.05) is 23.8 Å². The first-order chi connectivity index (χ1) is 14.5. The number of hydrogen-bond acceptors (Lipinski definition) is 7. The van der Waals surface area contributed by atoms with Gasteiger partial charge in [-0.2, -0.15) is 5.10 Å². The fourth-order valence-corrected chi connectivity index (χ4v) is 4.86. The van der Waals surface area contributed by atoms with Crippen molar-refractivity contribution in [1.29, 1.82) is 0 Å². The molecular weight excluding hydrogens is 416 g/mol. The number of anilines is 2. The van der Waals surface area contributed by atoms with Gasteiger partial charge in [-0.05, 0) is 43.4 Å². The highest BCUT2D eigenvalue weighted by Crippen LogP contribution is 2.43. The molecule has 4 rings (SSSR count). The summed E-state index contributed by atoms with van der Waals surface area (Å²) in [5, 5.41) is 20.9. The Morgan fingerprint density at radius 3 is 2.87 bits per heavy atom. The van der Waals surface area contributed by atoms with Crippen LogP contribution in [-0.2, 0) is 6.54 Å². The number of fused-ring (bicyclic) bond motifs is 1. The predicted molar refractivity (Wildman–Crippen MR) is 127 cm³/mol. The normalized spacial score (nSPS) is 15.9. The smallest absolute Gasteiger partial charge is 0.279 e. The van der Waals surface area contributed by atoms with Gasteiger partial charge in [0.2, 0.25) is 0 Å². The van der Waals surface area contributed by atoms with Gasteiger partial charge in [0.05, 0.1) is 11.4 Å². The van der Waals surface area contributed by atoms with Crippen LogP contribution in [0.15, 0.2) is 33.3 Å². The predicted octanol–water partition coefficient (Wildman–Crippen LogP) is 5.47. The minimum absolute atomic E-state index is 0.0361. The van der Waals surface area contributed by atoms with Gasteiger partial charge in [-0.15, -0.1) is 0 Å². The Morgan fingerprint density at radius 2 is 2.20 bits per heavy atom. The second kappa shape index (κ2) is 8.98. The molecule has 1 fully saturated rings. The van der Waals surface area contributed by atoms with Crippen LogP contribution in [0.25, 0.3) is 5.70 Å². The van der Waals surface area contributed by atoms with Crippen LogP contribution < -0.4 is 15.6 Å². The third-order valence-electron chi connectivity index (χ3n) is 5.61. The molecule has 1 aliphatic heterocycles. The van der Waals surface area contributed by atoms with E-state index in [-0.39, 0.29) is 17.2 Å². The molecule has 1 aromatic carbocycles. The van der Waals surface area contributed by atoms with Crippen molar-refractivity contribution >= 4 is 40.8 Å². The maximum atomic E-state index is 13.3. The molecule has 2 heterocycles. The number of benzene rings is 1. The van der Waals surface area contributed by atoms with Gasteiger partial charge in [-0.25, -0.2) is 4.68 Å². The van der Waals surface area contributed by atoms with Gasteiger partial charge >= 0.3 is 0 Å². The zero-order valence-corrected chi connectivity index (χ0v) is 19.2. The lowest BCUT2D eigenvalue weighted by Gasteiger charge is -2.27. The Hall–Kier alpha value is -2.06. The van der Waals surface area contributed by atoms with Crippen LogP contribution in [0.1, 0.15) is 56.7 Å². The second-order valence-electron chi connectivity index (χ2n) is 8.24. The third-order valence-corrected chi connectivity index (χ3v) is 7.00. The number of thioether (sulfide) groups is 1. The van der Waals surface area contributed by atoms with Crippen molar-refractivity contribution in [2.75, 3.05) is 16.3 Å². The topological polar surface area (TPSA) is 79.2 Å². The lowest BCUT2D eigenvalue weighted by Crippen LogP contribution is -2.30. The van der Waals surface area contributed by atoms with Gasteiger partial charge in [0.1, 0.15) is 11.3 Å². The summed E-state index contributed by atoms with van der Waals surface area (Å²) in [4.78, 5) is 14.3. The lowest BCUT2D eigenvalue weighted by atomic mass is 9.82. The van der Waals surface area contributed by atoms with Gasteiger partial charge in [-0.1, -0.05) is 44.0 Å². The molecule has 8 heteroatoms. The molecule has 0 spiro atoms. The highest BCUT2D eigenvalue weighted by atomic mass is 32.2. The molecular formula is C22H28N4O2S2. The molecule has 1 aliphatic carbocycles. The number of nitrogens with one attached hydrogen (secondary N) is 2. The summed E-state index contributed by atoms with van der Waals surface area (Å²) in [7, 11) is 0. The molecule has 0 unspecified atom stereocenters. The number of aromatic nitrogens is 2. The van der Waals surface area contributed by atoms with Gasteiger partial charge in [-0.3, -0.25) is 4.79 Å². The van der Waals surface area contributed by atoms with E-state index in [0.717, 1.165) is 42.0 Å². The number of aryl methyl sites for hydroxylation is 1. The second-order valence-corrected chi connectivity index (χ2v) is 9.76. The van der Waals surface area contributed by atoms with Gasteiger partial charge in [0.15, 0.2) is 5.75 Å². The van der Waals surface area contributed by atoms with Crippen LogP contribution in [0.5, 0.6) is 5.75 Å². The van der Waals surface area contributed by atoms with Crippen molar-refractivity contribution < 1.29 is 5.11 Å². The standard InChI is InChI=1S/C22H28N4O2S2/c1-13(2)9-10-26-22(28)19(21(27)20(24-26)14-5-4-6-14)17-12-30-18-11-15(25-29-3)7-8-16(18)23-17/h7-8,11-14,23,25,27H,4-6,9-10H2,1-3H3. The molecule has 1 saturated carbocycles. The van der Waals surface area contributed by atoms with Gasteiger partial charge in [0, 0.05) is 34.7 Å². The number of rotatable bonds is 7. The number of nitrogens with zero attached hydrogens (tertiary/aromatic N) is 2. The van der Waals surface area contributed by atoms with E-state index in [0.29, 0.717) is 29.4 Å². The molecule has 2 aliphatic rings. The maximum absolute atomic E-state index is 13.3. The quantitative estimate of drug-likeness (QED) is 0.489. The van der Waals surface area contributed by atoms with E-state index in [4.69, 9.17) is 0 Å². The van der Waals surface area contributed by atoms with Gasteiger partial charge in [0.25, 0.3) is 5.56 Å². The Labute approximate surface area is 185 Å². The molecule has 0 saturated heterocycles. The molecule has 30 heavy (non-hydrogen) atoms. The minimum atomic E-state index is -0.236. The van der Waals surface area contributed by atoms with E-state index in [9.17, 15) is 9.90 Å². The summed E-state index contributed by atoms with van der Waals surface area (Å²) in [6.45, 7) is 4.83. The van der Waals surface area contributed by atoms with Crippen LogP contribution in [0.2, 0.25) is 0 Å². The summed E-state index contributed by atoms with van der Waals surface area (Å²) in [5.41, 5.74) is 3.36. The number of hydrogen-bond donors (Lipinski definition) is 3. The Bertz CT molecular complexity index is 1030. The van der Waals surface area contributed by atoms with Crippen molar-refractivity contribution in [3.8, 4) is 5.75 Å². The van der Waals surface area contributed by atoms with Crippen LogP contribution in [0.4, 0.5) is 11.4 Å². The molecule has 6 nitrogen and oxygen atoms in total. The average molecular weight is 445 g/mol. The van der Waals surface area contributed by atoms with Crippen molar-refractivity contribution in [3.05, 3.63) is 45.2 Å². The summed E-state index contributed by atoms with van der Waals surface area (Å²) >= 11 is 3.10. The van der Waals surface area contributed by atoms with Crippen LogP contribution >= 0.6 is 23.7 Å². The van der Waals surface area contributed by atoms with Crippen molar-refractivity contribution in [1.82, 2.24) is 9.78 Å². The largest absolute Gasteiger partial charge is 0.505 e. The highest BCUT2D eigenvalue weighted by molar-refractivity contribution is 8.02. The molecule has 0 bridgehead atoms. The van der Waals surface area contributed by atoms with Crippen molar-refractivity contribution in [3.63, 3.8) is 0 Å². The third kappa shape index (κ3) is 4.21. The van der Waals surface area contributed by atoms with Crippen molar-refractivity contribution in [2.24, 2.45) is 5.92 Å². The minimum Gasteiger partial charge on any atom is -0.505 e. The van der Waals surface area contributed by atoms with Crippen molar-refractivity contribution in [2.45, 2.75) is 56.9 Å². The van der Waals surface area contributed by atoms with Gasteiger partial charge < -0.3 is 15.1 Å². The number of aromatic hydroxyl groups is 1. The van der Waals surface area contributed by atoms with Crippen LogP contribution in [-0.4, -0.2) is 21.1 Å². The molecule has 0 radical (unpaired) electrons. The zero-order valence-electron chi connectivity index (χ0n) is 17.6. The summed E-state index contributed by atoms with van der Waals surface area (Å²) in [6.07, 6.45) is 6.02. The lowest BCUT2D eigenvalue weighted by molar-refractivity contribution is 0.362. The first kappa shape index (κ1) is 21.2. The maximum Gasteiger partial charge on any atom is 0.279 e. The Morgan fingerprint density at radius 1 is 1.40 bits per heavy atom.